The van der Waals surface area contributed by atoms with Crippen LogP contribution in [0.25, 0.3) is 11.3 Å². The van der Waals surface area contributed by atoms with Gasteiger partial charge in [0.25, 0.3) is 5.91 Å². The second kappa shape index (κ2) is 12.5. The van der Waals surface area contributed by atoms with Crippen molar-refractivity contribution in [2.75, 3.05) is 56.1 Å². The molecule has 3 aliphatic rings. The molecule has 0 radical (unpaired) electrons. The van der Waals surface area contributed by atoms with Gasteiger partial charge < -0.3 is 25.0 Å². The van der Waals surface area contributed by atoms with E-state index in [-0.39, 0.29) is 17.9 Å². The van der Waals surface area contributed by atoms with Gasteiger partial charge >= 0.3 is 5.57 Å². The molecule has 5 heterocycles. The molecule has 3 fully saturated rings. The van der Waals surface area contributed by atoms with Crippen LogP contribution in [0.1, 0.15) is 42.3 Å². The molecule has 0 saturated carbocycles. The van der Waals surface area contributed by atoms with Crippen LogP contribution in [-0.2, 0) is 4.74 Å². The third-order valence-corrected chi connectivity index (χ3v) is 8.01. The van der Waals surface area contributed by atoms with Crippen LogP contribution < -0.4 is 20.3 Å². The molecular formula is C29H34ClF2N7O3. The van der Waals surface area contributed by atoms with Crippen molar-refractivity contribution >= 4 is 29.0 Å². The number of aromatic nitrogens is 3. The van der Waals surface area contributed by atoms with Crippen molar-refractivity contribution in [3.63, 3.8) is 0 Å². The normalized spacial score (nSPS) is 20.5. The van der Waals surface area contributed by atoms with Gasteiger partial charge in [-0.2, -0.15) is 5.10 Å². The Morgan fingerprint density at radius 3 is 2.67 bits per heavy atom. The van der Waals surface area contributed by atoms with E-state index >= 15 is 0 Å². The predicted octanol–water partition coefficient (Wildman–Crippen LogP) is 4.55. The second-order valence-corrected chi connectivity index (χ2v) is 11.2. The number of hydrogen-bond acceptors (Lipinski definition) is 8. The van der Waals surface area contributed by atoms with Crippen LogP contribution in [0.4, 0.5) is 20.3 Å². The molecule has 3 saturated heterocycles. The van der Waals surface area contributed by atoms with Gasteiger partial charge in [0, 0.05) is 87.2 Å². The van der Waals surface area contributed by atoms with Gasteiger partial charge in [-0.25, -0.2) is 9.67 Å². The largest absolute Gasteiger partial charge is 0.487 e. The van der Waals surface area contributed by atoms with E-state index in [0.29, 0.717) is 23.9 Å². The Balaban J connectivity index is 1.26. The first-order valence-electron chi connectivity index (χ1n) is 14.4. The van der Waals surface area contributed by atoms with Gasteiger partial charge in [0.15, 0.2) is 6.23 Å². The van der Waals surface area contributed by atoms with E-state index in [0.717, 1.165) is 82.0 Å². The maximum Gasteiger partial charge on any atom is 0.487 e. The van der Waals surface area contributed by atoms with Crippen LogP contribution in [0.15, 0.2) is 48.8 Å². The van der Waals surface area contributed by atoms with E-state index < -0.39 is 5.57 Å². The number of alkyl halides is 3. The number of nitrogens with zero attached hydrogens (tertiary/aromatic N) is 5. The van der Waals surface area contributed by atoms with Crippen LogP contribution in [0, 0.1) is 0 Å². The van der Waals surface area contributed by atoms with Crippen LogP contribution in [-0.4, -0.2) is 83.1 Å². The lowest BCUT2D eigenvalue weighted by Crippen LogP contribution is -2.63. The van der Waals surface area contributed by atoms with Crippen molar-refractivity contribution in [1.29, 1.82) is 0 Å². The van der Waals surface area contributed by atoms with Gasteiger partial charge in [-0.15, -0.1) is 8.78 Å². The number of rotatable bonds is 8. The molecule has 0 spiro atoms. The first-order valence-corrected chi connectivity index (χ1v) is 14.7. The molecule has 2 aromatic heterocycles. The maximum atomic E-state index is 13.3. The molecule has 224 valence electrons. The average molecular weight is 602 g/mol. The Morgan fingerprint density at radius 2 is 1.90 bits per heavy atom. The third kappa shape index (κ3) is 6.67. The summed E-state index contributed by atoms with van der Waals surface area (Å²) in [4.78, 5) is 22.9. The molecule has 3 aliphatic heterocycles. The lowest BCUT2D eigenvalue weighted by molar-refractivity contribution is -0.0964. The molecule has 1 unspecified atom stereocenters. The highest BCUT2D eigenvalue weighted by Gasteiger charge is 2.35. The van der Waals surface area contributed by atoms with Gasteiger partial charge in [0.1, 0.15) is 11.6 Å². The SMILES string of the molecule is O=C(Nc1ccc(OC(F)(F)Cl)cc1)c1cnc(N2CC(N3CCNCC3)C2)c(-c2ccnn2C2CCCCCO2)c1. The molecule has 2 N–H and O–H groups in total. The molecule has 10 nitrogen and oxygen atoms in total. The monoisotopic (exact) mass is 601 g/mol. The Bertz CT molecular complexity index is 1360. The maximum absolute atomic E-state index is 13.3. The summed E-state index contributed by atoms with van der Waals surface area (Å²) < 4.78 is 38.3. The third-order valence-electron chi connectivity index (χ3n) is 7.93. The number of pyridine rings is 1. The minimum atomic E-state index is -3.82. The van der Waals surface area contributed by atoms with E-state index in [4.69, 9.17) is 21.3 Å². The summed E-state index contributed by atoms with van der Waals surface area (Å²) in [6.45, 7) is 6.46. The minimum Gasteiger partial charge on any atom is -0.420 e. The van der Waals surface area contributed by atoms with E-state index in [1.54, 1.807) is 12.4 Å². The fourth-order valence-corrected chi connectivity index (χ4v) is 5.81. The highest BCUT2D eigenvalue weighted by atomic mass is 35.5. The van der Waals surface area contributed by atoms with Crippen LogP contribution in [0.2, 0.25) is 0 Å². The van der Waals surface area contributed by atoms with Gasteiger partial charge in [-0.3, -0.25) is 9.69 Å². The number of hydrogen-bond donors (Lipinski definition) is 2. The zero-order valence-corrected chi connectivity index (χ0v) is 23.9. The number of amides is 1. The fourth-order valence-electron chi connectivity index (χ4n) is 5.72. The first kappa shape index (κ1) is 28.8. The zero-order chi connectivity index (χ0) is 29.1. The zero-order valence-electron chi connectivity index (χ0n) is 23.1. The summed E-state index contributed by atoms with van der Waals surface area (Å²) in [5.74, 6) is 0.298. The van der Waals surface area contributed by atoms with Crippen molar-refractivity contribution in [2.45, 2.75) is 43.5 Å². The van der Waals surface area contributed by atoms with Crippen LogP contribution >= 0.6 is 11.6 Å². The van der Waals surface area contributed by atoms with E-state index in [2.05, 4.69) is 30.3 Å². The summed E-state index contributed by atoms with van der Waals surface area (Å²) in [7, 11) is 0. The molecule has 6 rings (SSSR count). The molecule has 13 heteroatoms. The number of carbonyl (C=O) groups is 1. The fraction of sp³-hybridized carbons (Fsp3) is 0.483. The number of piperazine rings is 1. The molecule has 1 amide bonds. The summed E-state index contributed by atoms with van der Waals surface area (Å²) >= 11 is 4.84. The van der Waals surface area contributed by atoms with E-state index in [9.17, 15) is 13.6 Å². The number of halogens is 3. The molecule has 1 aromatic carbocycles. The summed E-state index contributed by atoms with van der Waals surface area (Å²) in [6.07, 6.45) is 7.21. The average Bonchev–Trinajstić information content (AvgIpc) is 3.28. The molecule has 0 aliphatic carbocycles. The van der Waals surface area contributed by atoms with Gasteiger partial charge in [-0.05, 0) is 55.7 Å². The Labute approximate surface area is 247 Å². The summed E-state index contributed by atoms with van der Waals surface area (Å²) in [5.41, 5.74) is -1.40. The topological polar surface area (TPSA) is 96.8 Å². The van der Waals surface area contributed by atoms with Crippen LogP contribution in [0.3, 0.4) is 0 Å². The van der Waals surface area contributed by atoms with Crippen molar-refractivity contribution in [1.82, 2.24) is 25.0 Å². The molecule has 0 bridgehead atoms. The Hall–Kier alpha value is -3.32. The lowest BCUT2D eigenvalue weighted by Gasteiger charge is -2.47. The summed E-state index contributed by atoms with van der Waals surface area (Å²) in [6, 6.07) is 9.79. The number of nitrogens with one attached hydrogen (secondary N) is 2. The van der Waals surface area contributed by atoms with Gasteiger partial charge in [0.05, 0.1) is 11.3 Å². The predicted molar refractivity (Wildman–Crippen MR) is 155 cm³/mol. The van der Waals surface area contributed by atoms with Crippen molar-refractivity contribution in [3.8, 4) is 17.0 Å². The lowest BCUT2D eigenvalue weighted by atomic mass is 10.0. The Morgan fingerprint density at radius 1 is 1.12 bits per heavy atom. The molecular weight excluding hydrogens is 568 g/mol. The van der Waals surface area contributed by atoms with Crippen molar-refractivity contribution in [2.24, 2.45) is 0 Å². The Kier molecular flexibility index (Phi) is 8.57. The minimum absolute atomic E-state index is 0.121. The van der Waals surface area contributed by atoms with Gasteiger partial charge in [-0.1, -0.05) is 6.42 Å². The van der Waals surface area contributed by atoms with Crippen LogP contribution in [0.5, 0.6) is 5.75 Å². The molecule has 3 aromatic rings. The molecule has 42 heavy (non-hydrogen) atoms. The van der Waals surface area contributed by atoms with E-state index in [1.807, 2.05) is 16.8 Å². The number of ether oxygens (including phenoxy) is 2. The smallest absolute Gasteiger partial charge is 0.420 e. The highest BCUT2D eigenvalue weighted by Crippen LogP contribution is 2.36. The van der Waals surface area contributed by atoms with Gasteiger partial charge in [0.2, 0.25) is 0 Å². The van der Waals surface area contributed by atoms with E-state index in [1.165, 1.54) is 24.3 Å². The number of anilines is 2. The summed E-state index contributed by atoms with van der Waals surface area (Å²) in [5, 5.41) is 10.8. The molecule has 1 atom stereocenters. The highest BCUT2D eigenvalue weighted by molar-refractivity contribution is 6.20. The van der Waals surface area contributed by atoms with Crippen molar-refractivity contribution in [3.05, 3.63) is 54.4 Å². The number of benzene rings is 1. The first-order chi connectivity index (χ1) is 20.3. The number of carbonyl (C=O) groups excluding carboxylic acids is 1. The van der Waals surface area contributed by atoms with Crippen molar-refractivity contribution < 1.29 is 23.0 Å². The standard InChI is InChI=1S/C29H34ClF2N7O3/c30-29(31,32)42-23-7-5-21(6-8-23)36-28(40)20-16-24(25-9-10-35-39(25)26-4-2-1-3-15-41-26)27(34-17-20)38-18-22(19-38)37-13-11-33-12-14-37/h5-10,16-17,22,26,33H,1-4,11-15,18-19H2,(H,36,40). The quantitative estimate of drug-likeness (QED) is 0.363. The second-order valence-electron chi connectivity index (χ2n) is 10.8.